The highest BCUT2D eigenvalue weighted by atomic mass is 32.2. The van der Waals surface area contributed by atoms with Gasteiger partial charge < -0.3 is 4.74 Å². The van der Waals surface area contributed by atoms with E-state index in [-0.39, 0.29) is 24.4 Å². The molecule has 0 saturated heterocycles. The van der Waals surface area contributed by atoms with E-state index in [1.54, 1.807) is 12.1 Å². The second-order valence-electron chi connectivity index (χ2n) is 5.03. The third-order valence-corrected chi connectivity index (χ3v) is 5.12. The third kappa shape index (κ3) is 4.81. The molecule has 0 spiro atoms. The molecule has 21 heavy (non-hydrogen) atoms. The summed E-state index contributed by atoms with van der Waals surface area (Å²) in [5.74, 6) is 0.352. The molecule has 1 rings (SSSR count). The van der Waals surface area contributed by atoms with Gasteiger partial charge in [-0.15, -0.1) is 0 Å². The zero-order valence-electron chi connectivity index (χ0n) is 12.7. The number of hydrogen-bond donors (Lipinski definition) is 0. The normalized spacial score (nSPS) is 11.8. The van der Waals surface area contributed by atoms with Crippen LogP contribution in [0.1, 0.15) is 31.7 Å². The molecule has 0 aliphatic carbocycles. The van der Waals surface area contributed by atoms with Crippen molar-refractivity contribution >= 4 is 10.0 Å². The van der Waals surface area contributed by atoms with Gasteiger partial charge in [-0.25, -0.2) is 8.42 Å². The SMILES string of the molecule is COCCN(CCC#N)S(=O)(=O)c1ccc(C(C)C)cc1. The van der Waals surface area contributed by atoms with Gasteiger partial charge in [-0.05, 0) is 23.6 Å². The van der Waals surface area contributed by atoms with Crippen molar-refractivity contribution in [1.29, 1.82) is 5.26 Å². The number of methoxy groups -OCH3 is 1. The first-order chi connectivity index (χ1) is 9.93. The average molecular weight is 310 g/mol. The van der Waals surface area contributed by atoms with Crippen molar-refractivity contribution in [2.75, 3.05) is 26.8 Å². The summed E-state index contributed by atoms with van der Waals surface area (Å²) in [6.45, 7) is 4.83. The molecular weight excluding hydrogens is 288 g/mol. The van der Waals surface area contributed by atoms with Crippen molar-refractivity contribution in [3.8, 4) is 6.07 Å². The van der Waals surface area contributed by atoms with E-state index in [0.717, 1.165) is 5.56 Å². The topological polar surface area (TPSA) is 70.4 Å². The van der Waals surface area contributed by atoms with Crippen LogP contribution in [0.5, 0.6) is 0 Å². The van der Waals surface area contributed by atoms with Gasteiger partial charge in [0.25, 0.3) is 0 Å². The number of hydrogen-bond acceptors (Lipinski definition) is 4. The molecule has 0 radical (unpaired) electrons. The molecule has 0 saturated carbocycles. The molecule has 0 heterocycles. The number of nitriles is 1. The Morgan fingerprint density at radius 2 is 1.86 bits per heavy atom. The van der Waals surface area contributed by atoms with Crippen LogP contribution in [0, 0.1) is 11.3 Å². The maximum atomic E-state index is 12.6. The molecular formula is C15H22N2O3S. The molecule has 0 aliphatic rings. The van der Waals surface area contributed by atoms with E-state index < -0.39 is 10.0 Å². The highest BCUT2D eigenvalue weighted by molar-refractivity contribution is 7.89. The Labute approximate surface area is 127 Å². The van der Waals surface area contributed by atoms with Gasteiger partial charge >= 0.3 is 0 Å². The van der Waals surface area contributed by atoms with E-state index >= 15 is 0 Å². The van der Waals surface area contributed by atoms with Crippen molar-refractivity contribution in [1.82, 2.24) is 4.31 Å². The average Bonchev–Trinajstić information content (AvgIpc) is 2.47. The predicted molar refractivity (Wildman–Crippen MR) is 81.4 cm³/mol. The van der Waals surface area contributed by atoms with Crippen LogP contribution in [0.2, 0.25) is 0 Å². The van der Waals surface area contributed by atoms with Gasteiger partial charge in [0, 0.05) is 26.6 Å². The Balaban J connectivity index is 3.00. The molecule has 1 aromatic carbocycles. The molecule has 0 aromatic heterocycles. The lowest BCUT2D eigenvalue weighted by molar-refractivity contribution is 0.179. The van der Waals surface area contributed by atoms with Crippen molar-refractivity contribution < 1.29 is 13.2 Å². The molecule has 6 heteroatoms. The summed E-state index contributed by atoms with van der Waals surface area (Å²) < 4.78 is 31.4. The summed E-state index contributed by atoms with van der Waals surface area (Å²) in [6.07, 6.45) is 0.160. The summed E-state index contributed by atoms with van der Waals surface area (Å²) >= 11 is 0. The Hall–Kier alpha value is -1.42. The van der Waals surface area contributed by atoms with Crippen LogP contribution in [0.4, 0.5) is 0 Å². The fraction of sp³-hybridized carbons (Fsp3) is 0.533. The van der Waals surface area contributed by atoms with Gasteiger partial charge in [0.1, 0.15) is 0 Å². The highest BCUT2D eigenvalue weighted by Gasteiger charge is 2.23. The molecule has 0 N–H and O–H groups in total. The second kappa shape index (κ2) is 8.13. The van der Waals surface area contributed by atoms with E-state index in [0.29, 0.717) is 12.5 Å². The van der Waals surface area contributed by atoms with Crippen molar-refractivity contribution in [3.63, 3.8) is 0 Å². The van der Waals surface area contributed by atoms with Crippen LogP contribution in [-0.2, 0) is 14.8 Å². The van der Waals surface area contributed by atoms with E-state index in [4.69, 9.17) is 10.00 Å². The number of rotatable bonds is 8. The Bertz CT molecular complexity index is 574. The largest absolute Gasteiger partial charge is 0.383 e. The molecule has 0 unspecified atom stereocenters. The van der Waals surface area contributed by atoms with Gasteiger partial charge in [-0.2, -0.15) is 9.57 Å². The monoisotopic (exact) mass is 310 g/mol. The van der Waals surface area contributed by atoms with Gasteiger partial charge in [-0.1, -0.05) is 26.0 Å². The Morgan fingerprint density at radius 1 is 1.24 bits per heavy atom. The molecule has 5 nitrogen and oxygen atoms in total. The summed E-state index contributed by atoms with van der Waals surface area (Å²) in [5, 5.41) is 8.67. The van der Waals surface area contributed by atoms with Gasteiger partial charge in [0.05, 0.1) is 17.6 Å². The minimum Gasteiger partial charge on any atom is -0.383 e. The lowest BCUT2D eigenvalue weighted by atomic mass is 10.0. The van der Waals surface area contributed by atoms with Crippen molar-refractivity contribution in [3.05, 3.63) is 29.8 Å². The number of sulfonamides is 1. The molecule has 1 aromatic rings. The van der Waals surface area contributed by atoms with Crippen LogP contribution >= 0.6 is 0 Å². The zero-order chi connectivity index (χ0) is 15.9. The Morgan fingerprint density at radius 3 is 2.33 bits per heavy atom. The number of benzene rings is 1. The summed E-state index contributed by atoms with van der Waals surface area (Å²) in [5.41, 5.74) is 1.09. The summed E-state index contributed by atoms with van der Waals surface area (Å²) in [6, 6.07) is 8.88. The maximum absolute atomic E-state index is 12.6. The smallest absolute Gasteiger partial charge is 0.243 e. The Kier molecular flexibility index (Phi) is 6.82. The standard InChI is InChI=1S/C15H22N2O3S/c1-13(2)14-5-7-15(8-6-14)21(18,19)17(10-4-9-16)11-12-20-3/h5-8,13H,4,10-12H2,1-3H3. The lowest BCUT2D eigenvalue weighted by Gasteiger charge is -2.21. The minimum absolute atomic E-state index is 0.160. The molecule has 0 atom stereocenters. The fourth-order valence-corrected chi connectivity index (χ4v) is 3.32. The first-order valence-electron chi connectivity index (χ1n) is 6.89. The van der Waals surface area contributed by atoms with Crippen molar-refractivity contribution in [2.24, 2.45) is 0 Å². The number of ether oxygens (including phenoxy) is 1. The summed E-state index contributed by atoms with van der Waals surface area (Å²) in [4.78, 5) is 0.251. The minimum atomic E-state index is -3.59. The van der Waals surface area contributed by atoms with Crippen LogP contribution in [0.3, 0.4) is 0 Å². The fourth-order valence-electron chi connectivity index (χ4n) is 1.89. The third-order valence-electron chi connectivity index (χ3n) is 3.20. The first-order valence-corrected chi connectivity index (χ1v) is 8.33. The second-order valence-corrected chi connectivity index (χ2v) is 6.97. The van der Waals surface area contributed by atoms with Crippen LogP contribution < -0.4 is 0 Å². The van der Waals surface area contributed by atoms with Crippen LogP contribution in [-0.4, -0.2) is 39.5 Å². The molecule has 0 bridgehead atoms. The highest BCUT2D eigenvalue weighted by Crippen LogP contribution is 2.20. The molecule has 0 amide bonds. The molecule has 0 aliphatic heterocycles. The van der Waals surface area contributed by atoms with E-state index in [1.807, 2.05) is 18.2 Å². The number of nitrogens with zero attached hydrogens (tertiary/aromatic N) is 2. The first kappa shape index (κ1) is 17.6. The molecule has 116 valence electrons. The zero-order valence-corrected chi connectivity index (χ0v) is 13.6. The molecule has 0 fully saturated rings. The van der Waals surface area contributed by atoms with Gasteiger partial charge in [0.2, 0.25) is 10.0 Å². The summed E-state index contributed by atoms with van der Waals surface area (Å²) in [7, 11) is -2.07. The maximum Gasteiger partial charge on any atom is 0.243 e. The van der Waals surface area contributed by atoms with Crippen LogP contribution in [0.25, 0.3) is 0 Å². The van der Waals surface area contributed by atoms with E-state index in [2.05, 4.69) is 13.8 Å². The quantitative estimate of drug-likeness (QED) is 0.739. The predicted octanol–water partition coefficient (Wildman–Crippen LogP) is 2.36. The van der Waals surface area contributed by atoms with Crippen LogP contribution in [0.15, 0.2) is 29.2 Å². The van der Waals surface area contributed by atoms with Crippen molar-refractivity contribution in [2.45, 2.75) is 31.1 Å². The van der Waals surface area contributed by atoms with E-state index in [9.17, 15) is 8.42 Å². The van der Waals surface area contributed by atoms with E-state index in [1.165, 1.54) is 11.4 Å². The van der Waals surface area contributed by atoms with Gasteiger partial charge in [0.15, 0.2) is 0 Å². The van der Waals surface area contributed by atoms with Gasteiger partial charge in [-0.3, -0.25) is 0 Å². The lowest BCUT2D eigenvalue weighted by Crippen LogP contribution is -2.34.